The third kappa shape index (κ3) is 4.07. The highest BCUT2D eigenvalue weighted by Gasteiger charge is 2.09. The van der Waals surface area contributed by atoms with E-state index in [1.54, 1.807) is 0 Å². The van der Waals surface area contributed by atoms with Crippen molar-refractivity contribution in [2.45, 2.75) is 0 Å². The predicted octanol–water partition coefficient (Wildman–Crippen LogP) is 1.93. The predicted molar refractivity (Wildman–Crippen MR) is 64.2 cm³/mol. The lowest BCUT2D eigenvalue weighted by atomic mass is 10.1. The van der Waals surface area contributed by atoms with Crippen molar-refractivity contribution in [3.63, 3.8) is 0 Å². The van der Waals surface area contributed by atoms with Gasteiger partial charge in [-0.3, -0.25) is 4.18 Å². The molecule has 82 valence electrons. The number of thiol groups is 1. The molecule has 0 radical (unpaired) electrons. The minimum Gasteiger partial charge on any atom is -0.265 e. The van der Waals surface area contributed by atoms with Gasteiger partial charge in [-0.25, -0.2) is 0 Å². The van der Waals surface area contributed by atoms with Crippen LogP contribution in [0.4, 0.5) is 0 Å². The van der Waals surface area contributed by atoms with Gasteiger partial charge >= 0.3 is 0 Å². The van der Waals surface area contributed by atoms with Crippen molar-refractivity contribution in [3.05, 3.63) is 42.5 Å². The van der Waals surface area contributed by atoms with E-state index in [0.29, 0.717) is 5.57 Å². The Kier molecular flexibility index (Phi) is 4.38. The Hall–Kier alpha value is -0.780. The van der Waals surface area contributed by atoms with E-state index in [4.69, 9.17) is 4.18 Å². The van der Waals surface area contributed by atoms with E-state index in [1.165, 1.54) is 0 Å². The first-order chi connectivity index (χ1) is 7.05. The highest BCUT2D eigenvalue weighted by atomic mass is 32.3. The molecule has 0 aromatic heterocycles. The van der Waals surface area contributed by atoms with Gasteiger partial charge in [0, 0.05) is 0 Å². The van der Waals surface area contributed by atoms with Crippen LogP contribution in [0.25, 0.3) is 5.57 Å². The number of benzene rings is 1. The molecule has 0 atom stereocenters. The lowest BCUT2D eigenvalue weighted by Crippen LogP contribution is -2.08. The largest absolute Gasteiger partial charge is 0.276 e. The first-order valence-corrected chi connectivity index (χ1v) is 6.47. The standard InChI is InChI=1S/C10H12O3S2/c1-9(7-13-15(11,12)8-14)10-5-3-2-4-6-10/h2-6,14H,1,7-8H2. The lowest BCUT2D eigenvalue weighted by molar-refractivity contribution is 0.366. The zero-order valence-electron chi connectivity index (χ0n) is 8.09. The quantitative estimate of drug-likeness (QED) is 0.636. The molecule has 0 aliphatic carbocycles. The second-order valence-corrected chi connectivity index (χ2v) is 5.30. The maximum absolute atomic E-state index is 11.0. The second kappa shape index (κ2) is 5.34. The minimum atomic E-state index is -3.52. The average molecular weight is 244 g/mol. The molecule has 3 nitrogen and oxygen atoms in total. The van der Waals surface area contributed by atoms with Crippen LogP contribution < -0.4 is 0 Å². The molecule has 15 heavy (non-hydrogen) atoms. The van der Waals surface area contributed by atoms with Gasteiger partial charge in [0.25, 0.3) is 10.1 Å². The van der Waals surface area contributed by atoms with Gasteiger partial charge in [-0.1, -0.05) is 36.9 Å². The number of hydrogen-bond acceptors (Lipinski definition) is 4. The molecule has 1 aromatic rings. The molecule has 0 bridgehead atoms. The molecule has 0 fully saturated rings. The molecule has 1 rings (SSSR count). The van der Waals surface area contributed by atoms with E-state index in [-0.39, 0.29) is 11.7 Å². The summed E-state index contributed by atoms with van der Waals surface area (Å²) in [5.41, 5.74) is 1.49. The molecule has 0 amide bonds. The van der Waals surface area contributed by atoms with Crippen LogP contribution in [0.1, 0.15) is 5.56 Å². The van der Waals surface area contributed by atoms with Gasteiger partial charge < -0.3 is 0 Å². The molecular weight excluding hydrogens is 232 g/mol. The van der Waals surface area contributed by atoms with Crippen molar-refractivity contribution < 1.29 is 12.6 Å². The van der Waals surface area contributed by atoms with Crippen molar-refractivity contribution >= 4 is 28.3 Å². The van der Waals surface area contributed by atoms with E-state index >= 15 is 0 Å². The molecule has 0 heterocycles. The lowest BCUT2D eigenvalue weighted by Gasteiger charge is -2.06. The Morgan fingerprint density at radius 2 is 1.93 bits per heavy atom. The van der Waals surface area contributed by atoms with Crippen LogP contribution in [-0.2, 0) is 14.3 Å². The molecule has 0 N–H and O–H groups in total. The summed E-state index contributed by atoms with van der Waals surface area (Å²) in [5, 5.41) is -0.324. The highest BCUT2D eigenvalue weighted by Crippen LogP contribution is 2.13. The summed E-state index contributed by atoms with van der Waals surface area (Å²) in [6.07, 6.45) is 0. The molecule has 0 spiro atoms. The molecule has 0 saturated carbocycles. The van der Waals surface area contributed by atoms with Crippen LogP contribution in [0.3, 0.4) is 0 Å². The zero-order valence-corrected chi connectivity index (χ0v) is 9.80. The maximum Gasteiger partial charge on any atom is 0.276 e. The van der Waals surface area contributed by atoms with Crippen molar-refractivity contribution in [2.24, 2.45) is 0 Å². The van der Waals surface area contributed by atoms with E-state index in [1.807, 2.05) is 30.3 Å². The van der Waals surface area contributed by atoms with Crippen molar-refractivity contribution in [2.75, 3.05) is 11.7 Å². The summed E-state index contributed by atoms with van der Waals surface area (Å²) in [6.45, 7) is 3.71. The molecule has 5 heteroatoms. The van der Waals surface area contributed by atoms with Crippen LogP contribution in [0.15, 0.2) is 36.9 Å². The van der Waals surface area contributed by atoms with Gasteiger partial charge in [-0.2, -0.15) is 21.0 Å². The van der Waals surface area contributed by atoms with Crippen molar-refractivity contribution in [1.82, 2.24) is 0 Å². The van der Waals surface area contributed by atoms with Gasteiger partial charge in [-0.15, -0.1) is 0 Å². The van der Waals surface area contributed by atoms with Crippen molar-refractivity contribution in [1.29, 1.82) is 0 Å². The fourth-order valence-corrected chi connectivity index (χ4v) is 1.58. The van der Waals surface area contributed by atoms with E-state index < -0.39 is 10.1 Å². The third-order valence-electron chi connectivity index (χ3n) is 1.75. The fraction of sp³-hybridized carbons (Fsp3) is 0.200. The average Bonchev–Trinajstić information content (AvgIpc) is 2.27. The highest BCUT2D eigenvalue weighted by molar-refractivity contribution is 8.01. The van der Waals surface area contributed by atoms with E-state index in [9.17, 15) is 8.42 Å². The summed E-state index contributed by atoms with van der Waals surface area (Å²) < 4.78 is 26.7. The topological polar surface area (TPSA) is 43.4 Å². The fourth-order valence-electron chi connectivity index (χ4n) is 0.955. The molecule has 0 aliphatic heterocycles. The van der Waals surface area contributed by atoms with Crippen LogP contribution in [0.5, 0.6) is 0 Å². The molecular formula is C10H12O3S2. The zero-order chi connectivity index (χ0) is 11.3. The van der Waals surface area contributed by atoms with Gasteiger partial charge in [0.15, 0.2) is 0 Å². The molecule has 0 unspecified atom stereocenters. The number of hydrogen-bond donors (Lipinski definition) is 1. The van der Waals surface area contributed by atoms with Crippen molar-refractivity contribution in [3.8, 4) is 0 Å². The normalized spacial score (nSPS) is 11.3. The summed E-state index contributed by atoms with van der Waals surface area (Å²) in [4.78, 5) is 0. The second-order valence-electron chi connectivity index (χ2n) is 2.92. The summed E-state index contributed by atoms with van der Waals surface area (Å²) in [7, 11) is -3.52. The van der Waals surface area contributed by atoms with Crippen LogP contribution >= 0.6 is 12.6 Å². The third-order valence-corrected chi connectivity index (χ3v) is 3.49. The Morgan fingerprint density at radius 3 is 2.47 bits per heavy atom. The van der Waals surface area contributed by atoms with Gasteiger partial charge in [-0.05, 0) is 11.1 Å². The Morgan fingerprint density at radius 1 is 1.33 bits per heavy atom. The molecule has 1 aromatic carbocycles. The number of rotatable bonds is 5. The van der Waals surface area contributed by atoms with Gasteiger partial charge in [0.05, 0.1) is 6.61 Å². The maximum atomic E-state index is 11.0. The smallest absolute Gasteiger partial charge is 0.265 e. The summed E-state index contributed by atoms with van der Waals surface area (Å²) in [6, 6.07) is 9.28. The Balaban J connectivity index is 2.59. The van der Waals surface area contributed by atoms with Crippen LogP contribution in [0.2, 0.25) is 0 Å². The monoisotopic (exact) mass is 244 g/mol. The van der Waals surface area contributed by atoms with E-state index in [2.05, 4.69) is 19.2 Å². The minimum absolute atomic E-state index is 0.0348. The first-order valence-electron chi connectivity index (χ1n) is 4.26. The SMILES string of the molecule is C=C(COS(=O)(=O)CS)c1ccccc1. The summed E-state index contributed by atoms with van der Waals surface area (Å²) >= 11 is 3.65. The van der Waals surface area contributed by atoms with Crippen LogP contribution in [-0.4, -0.2) is 20.1 Å². The first kappa shape index (κ1) is 12.3. The molecule has 0 saturated heterocycles. The Labute approximate surface area is 95.3 Å². The summed E-state index contributed by atoms with van der Waals surface area (Å²) in [5.74, 6) is 0. The molecule has 0 aliphatic rings. The van der Waals surface area contributed by atoms with Crippen LogP contribution in [0, 0.1) is 0 Å². The Bertz CT molecular complexity index is 423. The van der Waals surface area contributed by atoms with E-state index in [0.717, 1.165) is 5.56 Å². The van der Waals surface area contributed by atoms with Gasteiger partial charge in [0.2, 0.25) is 0 Å². The van der Waals surface area contributed by atoms with Gasteiger partial charge in [0.1, 0.15) is 5.08 Å².